The maximum absolute atomic E-state index is 12.6. The Labute approximate surface area is 140 Å². The molecule has 3 rings (SSSR count). The molecule has 0 spiro atoms. The number of carbonyl (C=O) groups excluding carboxylic acids is 1. The summed E-state index contributed by atoms with van der Waals surface area (Å²) >= 11 is 0. The molecule has 0 aliphatic heterocycles. The number of hydrogen-bond acceptors (Lipinski definition) is 6. The highest BCUT2D eigenvalue weighted by Crippen LogP contribution is 2.21. The Hall–Kier alpha value is -2.41. The van der Waals surface area contributed by atoms with E-state index in [0.29, 0.717) is 23.0 Å². The number of carbonyl (C=O) groups is 1. The summed E-state index contributed by atoms with van der Waals surface area (Å²) in [5, 5.41) is 6.86. The van der Waals surface area contributed by atoms with Crippen LogP contribution in [0, 0.1) is 6.92 Å². The zero-order valence-electron chi connectivity index (χ0n) is 13.7. The van der Waals surface area contributed by atoms with Crippen LogP contribution in [0.3, 0.4) is 0 Å². The molecule has 0 bridgehead atoms. The van der Waals surface area contributed by atoms with Crippen molar-refractivity contribution < 1.29 is 14.1 Å². The van der Waals surface area contributed by atoms with Crippen LogP contribution in [0.1, 0.15) is 47.8 Å². The third-order valence-corrected chi connectivity index (χ3v) is 4.17. The predicted molar refractivity (Wildman–Crippen MR) is 87.5 cm³/mol. The van der Waals surface area contributed by atoms with E-state index in [9.17, 15) is 4.79 Å². The smallest absolute Gasteiger partial charge is 0.255 e. The molecule has 128 valence electrons. The number of benzene rings is 1. The van der Waals surface area contributed by atoms with E-state index in [1.165, 1.54) is 0 Å². The molecule has 1 saturated carbocycles. The van der Waals surface area contributed by atoms with E-state index in [1.54, 1.807) is 19.1 Å². The first kappa shape index (κ1) is 16.4. The van der Waals surface area contributed by atoms with Gasteiger partial charge in [0.05, 0.1) is 5.56 Å². The number of amides is 1. The normalized spacial score (nSPS) is 20.6. The number of rotatable bonds is 5. The lowest BCUT2D eigenvalue weighted by Crippen LogP contribution is -2.40. The maximum atomic E-state index is 12.6. The molecular formula is C17H22N4O3. The second-order valence-corrected chi connectivity index (χ2v) is 6.10. The average molecular weight is 330 g/mol. The molecule has 1 fully saturated rings. The summed E-state index contributed by atoms with van der Waals surface area (Å²) in [5.41, 5.74) is 6.41. The Morgan fingerprint density at radius 2 is 2.08 bits per heavy atom. The molecule has 1 aliphatic carbocycles. The van der Waals surface area contributed by atoms with Crippen LogP contribution in [0.25, 0.3) is 0 Å². The Bertz CT molecular complexity index is 693. The Kier molecular flexibility index (Phi) is 5.10. The average Bonchev–Trinajstić information content (AvgIpc) is 3.01. The Morgan fingerprint density at radius 1 is 1.33 bits per heavy atom. The van der Waals surface area contributed by atoms with Crippen LogP contribution in [0.15, 0.2) is 28.8 Å². The molecule has 0 atom stereocenters. The van der Waals surface area contributed by atoms with Crippen LogP contribution in [0.2, 0.25) is 0 Å². The van der Waals surface area contributed by atoms with Gasteiger partial charge in [0.2, 0.25) is 11.7 Å². The van der Waals surface area contributed by atoms with Gasteiger partial charge in [-0.15, -0.1) is 0 Å². The van der Waals surface area contributed by atoms with Crippen LogP contribution in [0.5, 0.6) is 5.75 Å². The fraction of sp³-hybridized carbons (Fsp3) is 0.471. The number of nitrogens with zero attached hydrogens (tertiary/aromatic N) is 2. The molecule has 7 nitrogen and oxygen atoms in total. The van der Waals surface area contributed by atoms with Crippen molar-refractivity contribution >= 4 is 5.91 Å². The zero-order valence-corrected chi connectivity index (χ0v) is 13.7. The second kappa shape index (κ2) is 7.44. The van der Waals surface area contributed by atoms with Gasteiger partial charge in [-0.05, 0) is 37.8 Å². The standard InChI is InChI=1S/C17H22N4O3/c1-11-19-16(21-24-11)10-23-15-5-3-2-4-14(15)17(22)20-13-8-6-12(18)7-9-13/h2-5,12-13H,6-10,18H2,1H3,(H,20,22). The van der Waals surface area contributed by atoms with Crippen LogP contribution in [-0.4, -0.2) is 28.1 Å². The lowest BCUT2D eigenvalue weighted by molar-refractivity contribution is 0.0921. The lowest BCUT2D eigenvalue weighted by atomic mass is 9.91. The van der Waals surface area contributed by atoms with E-state index in [2.05, 4.69) is 15.5 Å². The summed E-state index contributed by atoms with van der Waals surface area (Å²) in [5.74, 6) is 1.31. The van der Waals surface area contributed by atoms with Gasteiger partial charge in [-0.1, -0.05) is 17.3 Å². The van der Waals surface area contributed by atoms with Crippen LogP contribution in [0.4, 0.5) is 0 Å². The molecule has 7 heteroatoms. The van der Waals surface area contributed by atoms with E-state index in [0.717, 1.165) is 25.7 Å². The molecule has 3 N–H and O–H groups in total. The summed E-state index contributed by atoms with van der Waals surface area (Å²) in [7, 11) is 0. The highest BCUT2D eigenvalue weighted by Gasteiger charge is 2.22. The molecule has 2 aromatic rings. The number of aromatic nitrogens is 2. The molecule has 24 heavy (non-hydrogen) atoms. The predicted octanol–water partition coefficient (Wildman–Crippen LogP) is 1.96. The molecule has 0 radical (unpaired) electrons. The summed E-state index contributed by atoms with van der Waals surface area (Å²) in [6.07, 6.45) is 3.72. The lowest BCUT2D eigenvalue weighted by Gasteiger charge is -2.27. The first-order valence-electron chi connectivity index (χ1n) is 8.19. The molecule has 0 saturated heterocycles. The topological polar surface area (TPSA) is 103 Å². The number of nitrogens with two attached hydrogens (primary N) is 1. The van der Waals surface area contributed by atoms with Gasteiger partial charge in [-0.25, -0.2) is 0 Å². The summed E-state index contributed by atoms with van der Waals surface area (Å²) in [6.45, 7) is 1.87. The minimum atomic E-state index is -0.129. The van der Waals surface area contributed by atoms with Gasteiger partial charge in [0, 0.05) is 19.0 Å². The fourth-order valence-electron chi connectivity index (χ4n) is 2.85. The number of ether oxygens (including phenoxy) is 1. The van der Waals surface area contributed by atoms with Crippen LogP contribution >= 0.6 is 0 Å². The van der Waals surface area contributed by atoms with Gasteiger partial charge >= 0.3 is 0 Å². The van der Waals surface area contributed by atoms with Gasteiger partial charge in [0.25, 0.3) is 5.91 Å². The third-order valence-electron chi connectivity index (χ3n) is 4.17. The van der Waals surface area contributed by atoms with Crippen molar-refractivity contribution in [3.63, 3.8) is 0 Å². The minimum Gasteiger partial charge on any atom is -0.485 e. The highest BCUT2D eigenvalue weighted by atomic mass is 16.5. The molecule has 1 aliphatic rings. The minimum absolute atomic E-state index is 0.129. The molecule has 0 unspecified atom stereocenters. The summed E-state index contributed by atoms with van der Waals surface area (Å²) in [4.78, 5) is 16.6. The molecule has 1 aromatic heterocycles. The van der Waals surface area contributed by atoms with Crippen LogP contribution < -0.4 is 15.8 Å². The van der Waals surface area contributed by atoms with Gasteiger partial charge in [-0.2, -0.15) is 4.98 Å². The van der Waals surface area contributed by atoms with Crippen LogP contribution in [-0.2, 0) is 6.61 Å². The van der Waals surface area contributed by atoms with Gasteiger partial charge in [-0.3, -0.25) is 4.79 Å². The van der Waals surface area contributed by atoms with E-state index in [4.69, 9.17) is 15.0 Å². The van der Waals surface area contributed by atoms with Crippen molar-refractivity contribution in [2.45, 2.75) is 51.3 Å². The van der Waals surface area contributed by atoms with Crippen molar-refractivity contribution in [3.8, 4) is 5.75 Å². The van der Waals surface area contributed by atoms with E-state index < -0.39 is 0 Å². The SMILES string of the molecule is Cc1nc(COc2ccccc2C(=O)NC2CCC(N)CC2)no1. The van der Waals surface area contributed by atoms with Gasteiger partial charge in [0.1, 0.15) is 5.75 Å². The summed E-state index contributed by atoms with van der Waals surface area (Å²) < 4.78 is 10.6. The number of aryl methyl sites for hydroxylation is 1. The largest absolute Gasteiger partial charge is 0.485 e. The van der Waals surface area contributed by atoms with Crippen molar-refractivity contribution in [2.24, 2.45) is 5.73 Å². The number of para-hydroxylation sites is 1. The zero-order chi connectivity index (χ0) is 16.9. The number of hydrogen-bond donors (Lipinski definition) is 2. The monoisotopic (exact) mass is 330 g/mol. The van der Waals surface area contributed by atoms with Gasteiger partial charge < -0.3 is 20.3 Å². The second-order valence-electron chi connectivity index (χ2n) is 6.10. The third kappa shape index (κ3) is 4.11. The fourth-order valence-corrected chi connectivity index (χ4v) is 2.85. The maximum Gasteiger partial charge on any atom is 0.255 e. The quantitative estimate of drug-likeness (QED) is 0.868. The van der Waals surface area contributed by atoms with E-state index >= 15 is 0 Å². The molecule has 1 amide bonds. The Balaban J connectivity index is 1.63. The van der Waals surface area contributed by atoms with Crippen molar-refractivity contribution in [1.82, 2.24) is 15.5 Å². The van der Waals surface area contributed by atoms with Crippen molar-refractivity contribution in [2.75, 3.05) is 0 Å². The highest BCUT2D eigenvalue weighted by molar-refractivity contribution is 5.97. The molecule has 1 aromatic carbocycles. The first-order valence-corrected chi connectivity index (χ1v) is 8.19. The number of nitrogens with one attached hydrogen (secondary N) is 1. The summed E-state index contributed by atoms with van der Waals surface area (Å²) in [6, 6.07) is 7.58. The van der Waals surface area contributed by atoms with E-state index in [-0.39, 0.29) is 24.6 Å². The first-order chi connectivity index (χ1) is 11.6. The van der Waals surface area contributed by atoms with Crippen molar-refractivity contribution in [1.29, 1.82) is 0 Å². The van der Waals surface area contributed by atoms with Gasteiger partial charge in [0.15, 0.2) is 6.61 Å². The van der Waals surface area contributed by atoms with Crippen molar-refractivity contribution in [3.05, 3.63) is 41.5 Å². The Morgan fingerprint density at radius 3 is 2.79 bits per heavy atom. The van der Waals surface area contributed by atoms with E-state index in [1.807, 2.05) is 12.1 Å². The molecule has 1 heterocycles. The molecular weight excluding hydrogens is 308 g/mol.